The van der Waals surface area contributed by atoms with Crippen LogP contribution in [-0.4, -0.2) is 34.8 Å². The molecule has 1 aromatic heterocycles. The molecule has 1 N–H and O–H groups in total. The highest BCUT2D eigenvalue weighted by Crippen LogP contribution is 2.23. The molecule has 1 aromatic rings. The number of carbonyl (C=O) groups is 1. The molecule has 0 fully saturated rings. The van der Waals surface area contributed by atoms with Gasteiger partial charge in [-0.2, -0.15) is 5.10 Å². The zero-order valence-corrected chi connectivity index (χ0v) is 12.4. The highest BCUT2D eigenvalue weighted by Gasteiger charge is 2.23. The quantitative estimate of drug-likeness (QED) is 0.896. The Morgan fingerprint density at radius 1 is 1.47 bits per heavy atom. The number of nitrogens with zero attached hydrogens (tertiary/aromatic N) is 2. The Morgan fingerprint density at radius 3 is 2.63 bits per heavy atom. The molecule has 0 saturated heterocycles. The summed E-state index contributed by atoms with van der Waals surface area (Å²) < 4.78 is 4.86. The van der Waals surface area contributed by atoms with E-state index in [4.69, 9.17) is 16.3 Å². The maximum absolute atomic E-state index is 11.9. The van der Waals surface area contributed by atoms with Crippen LogP contribution in [0.1, 0.15) is 38.1 Å². The predicted molar refractivity (Wildman–Crippen MR) is 72.0 cm³/mol. The van der Waals surface area contributed by atoms with Crippen molar-refractivity contribution < 1.29 is 14.6 Å². The lowest BCUT2D eigenvalue weighted by Crippen LogP contribution is -2.23. The summed E-state index contributed by atoms with van der Waals surface area (Å²) in [4.78, 5) is 11.9. The fourth-order valence-electron chi connectivity index (χ4n) is 1.43. The van der Waals surface area contributed by atoms with Crippen molar-refractivity contribution in [2.24, 2.45) is 5.41 Å². The molecule has 106 valence electrons. The molecular formula is C13H19ClN2O3. The van der Waals surface area contributed by atoms with E-state index >= 15 is 0 Å². The molecule has 0 spiro atoms. The first-order valence-corrected chi connectivity index (χ1v) is 6.35. The first kappa shape index (κ1) is 16.0. The van der Waals surface area contributed by atoms with Crippen LogP contribution in [0.25, 0.3) is 0 Å². The van der Waals surface area contributed by atoms with Crippen molar-refractivity contribution in [1.82, 2.24) is 10.2 Å². The number of methoxy groups -OCH3 is 1. The first-order chi connectivity index (χ1) is 8.75. The maximum Gasteiger partial charge on any atom is 0.157 e. The highest BCUT2D eigenvalue weighted by molar-refractivity contribution is 6.30. The fourth-order valence-corrected chi connectivity index (χ4v) is 1.65. The third-order valence-electron chi connectivity index (χ3n) is 2.69. The van der Waals surface area contributed by atoms with Crippen LogP contribution in [0.15, 0.2) is 6.07 Å². The van der Waals surface area contributed by atoms with E-state index in [9.17, 15) is 9.90 Å². The summed E-state index contributed by atoms with van der Waals surface area (Å²) in [6.07, 6.45) is -0.711. The lowest BCUT2D eigenvalue weighted by Gasteiger charge is -2.16. The van der Waals surface area contributed by atoms with Crippen LogP contribution in [0.4, 0.5) is 0 Å². The number of aromatic nitrogens is 2. The number of carbonyl (C=O) groups excluding carboxylic acids is 1. The smallest absolute Gasteiger partial charge is 0.157 e. The number of rotatable bonds is 5. The molecule has 0 radical (unpaired) electrons. The van der Waals surface area contributed by atoms with Gasteiger partial charge in [0.1, 0.15) is 11.9 Å². The SMILES string of the molecule is COCC(O)c1cc(CC(=O)C(C)(C)C)nnc1Cl. The third kappa shape index (κ3) is 4.53. The van der Waals surface area contributed by atoms with E-state index in [1.54, 1.807) is 6.07 Å². The van der Waals surface area contributed by atoms with Crippen LogP contribution < -0.4 is 0 Å². The second-order valence-electron chi connectivity index (χ2n) is 5.40. The van der Waals surface area contributed by atoms with Crippen LogP contribution >= 0.6 is 11.6 Å². The molecule has 0 aliphatic rings. The summed E-state index contributed by atoms with van der Waals surface area (Å²) in [6.45, 7) is 5.65. The fraction of sp³-hybridized carbons (Fsp3) is 0.615. The van der Waals surface area contributed by atoms with Gasteiger partial charge in [-0.05, 0) is 6.07 Å². The Hall–Kier alpha value is -1.04. The molecule has 1 unspecified atom stereocenters. The molecular weight excluding hydrogens is 268 g/mol. The largest absolute Gasteiger partial charge is 0.386 e. The van der Waals surface area contributed by atoms with Gasteiger partial charge < -0.3 is 9.84 Å². The standard InChI is InChI=1S/C13H19ClN2O3/c1-13(2,3)11(18)6-8-5-9(10(17)7-19-4)12(14)16-15-8/h5,10,17H,6-7H2,1-4H3. The molecule has 0 bridgehead atoms. The number of aliphatic hydroxyl groups is 1. The van der Waals surface area contributed by atoms with Gasteiger partial charge in [-0.3, -0.25) is 4.79 Å². The maximum atomic E-state index is 11.9. The van der Waals surface area contributed by atoms with E-state index in [-0.39, 0.29) is 24.0 Å². The van der Waals surface area contributed by atoms with Crippen molar-refractivity contribution in [3.63, 3.8) is 0 Å². The van der Waals surface area contributed by atoms with E-state index < -0.39 is 11.5 Å². The summed E-state index contributed by atoms with van der Waals surface area (Å²) in [6, 6.07) is 1.60. The van der Waals surface area contributed by atoms with Gasteiger partial charge in [0, 0.05) is 18.1 Å². The van der Waals surface area contributed by atoms with E-state index in [0.29, 0.717) is 11.3 Å². The van der Waals surface area contributed by atoms with Crippen molar-refractivity contribution in [2.75, 3.05) is 13.7 Å². The van der Waals surface area contributed by atoms with Gasteiger partial charge in [0.05, 0.1) is 18.7 Å². The summed E-state index contributed by atoms with van der Waals surface area (Å²) in [5, 5.41) is 17.6. The van der Waals surface area contributed by atoms with Crippen molar-refractivity contribution in [2.45, 2.75) is 33.3 Å². The number of Topliss-reactive ketones (excluding diaryl/α,β-unsaturated/α-hetero) is 1. The number of hydrogen-bond donors (Lipinski definition) is 1. The zero-order chi connectivity index (χ0) is 14.6. The van der Waals surface area contributed by atoms with Gasteiger partial charge in [0.15, 0.2) is 5.15 Å². The Bertz CT molecular complexity index is 458. The molecule has 0 aromatic carbocycles. The van der Waals surface area contributed by atoms with E-state index in [1.807, 2.05) is 20.8 Å². The summed E-state index contributed by atoms with van der Waals surface area (Å²) in [5.74, 6) is 0.0521. The second kappa shape index (κ2) is 6.41. The van der Waals surface area contributed by atoms with Gasteiger partial charge in [0.25, 0.3) is 0 Å². The van der Waals surface area contributed by atoms with Crippen LogP contribution in [0.5, 0.6) is 0 Å². The van der Waals surface area contributed by atoms with Gasteiger partial charge in [-0.1, -0.05) is 32.4 Å². The molecule has 0 aliphatic heterocycles. The van der Waals surface area contributed by atoms with E-state index in [0.717, 1.165) is 0 Å². The Labute approximate surface area is 117 Å². The third-order valence-corrected chi connectivity index (χ3v) is 2.98. The average Bonchev–Trinajstić information content (AvgIpc) is 2.30. The van der Waals surface area contributed by atoms with Crippen LogP contribution in [0, 0.1) is 5.41 Å². The van der Waals surface area contributed by atoms with Crippen LogP contribution in [0.2, 0.25) is 5.15 Å². The molecule has 6 heteroatoms. The van der Waals surface area contributed by atoms with Crippen molar-refractivity contribution >= 4 is 17.4 Å². The molecule has 1 rings (SSSR count). The Morgan fingerprint density at radius 2 is 2.11 bits per heavy atom. The van der Waals surface area contributed by atoms with Crippen molar-refractivity contribution in [1.29, 1.82) is 0 Å². The molecule has 1 atom stereocenters. The molecule has 0 amide bonds. The van der Waals surface area contributed by atoms with Crippen LogP contribution in [0.3, 0.4) is 0 Å². The first-order valence-electron chi connectivity index (χ1n) is 5.98. The summed E-state index contributed by atoms with van der Waals surface area (Å²) in [5.41, 5.74) is 0.483. The highest BCUT2D eigenvalue weighted by atomic mass is 35.5. The number of aliphatic hydroxyl groups excluding tert-OH is 1. The number of halogens is 1. The van der Waals surface area contributed by atoms with Crippen molar-refractivity contribution in [3.05, 3.63) is 22.5 Å². The Balaban J connectivity index is 2.93. The van der Waals surface area contributed by atoms with Crippen LogP contribution in [-0.2, 0) is 16.0 Å². The zero-order valence-electron chi connectivity index (χ0n) is 11.6. The number of ether oxygens (including phenoxy) is 1. The molecule has 0 saturated carbocycles. The second-order valence-corrected chi connectivity index (χ2v) is 5.76. The Kier molecular flexibility index (Phi) is 5.40. The van der Waals surface area contributed by atoms with Gasteiger partial charge in [-0.25, -0.2) is 0 Å². The number of hydrogen-bond acceptors (Lipinski definition) is 5. The van der Waals surface area contributed by atoms with Gasteiger partial charge in [0.2, 0.25) is 0 Å². The minimum Gasteiger partial charge on any atom is -0.386 e. The topological polar surface area (TPSA) is 72.3 Å². The van der Waals surface area contributed by atoms with Crippen molar-refractivity contribution in [3.8, 4) is 0 Å². The minimum atomic E-state index is -0.878. The molecule has 0 aliphatic carbocycles. The molecule has 19 heavy (non-hydrogen) atoms. The van der Waals surface area contributed by atoms with Gasteiger partial charge >= 0.3 is 0 Å². The molecule has 5 nitrogen and oxygen atoms in total. The lowest BCUT2D eigenvalue weighted by atomic mass is 9.88. The lowest BCUT2D eigenvalue weighted by molar-refractivity contribution is -0.125. The number of ketones is 1. The predicted octanol–water partition coefficient (Wildman–Crippen LogP) is 1.97. The van der Waals surface area contributed by atoms with Gasteiger partial charge in [-0.15, -0.1) is 5.10 Å². The van der Waals surface area contributed by atoms with E-state index in [2.05, 4.69) is 10.2 Å². The summed E-state index contributed by atoms with van der Waals surface area (Å²) in [7, 11) is 1.48. The molecule has 1 heterocycles. The monoisotopic (exact) mass is 286 g/mol. The van der Waals surface area contributed by atoms with E-state index in [1.165, 1.54) is 7.11 Å². The summed E-state index contributed by atoms with van der Waals surface area (Å²) >= 11 is 5.88. The average molecular weight is 287 g/mol. The normalized spacial score (nSPS) is 13.4. The minimum absolute atomic E-state index is 0.0521.